The Morgan fingerprint density at radius 2 is 1.79 bits per heavy atom. The van der Waals surface area contributed by atoms with Gasteiger partial charge in [-0.3, -0.25) is 4.57 Å². The van der Waals surface area contributed by atoms with Crippen molar-refractivity contribution in [3.05, 3.63) is 29.8 Å². The Labute approximate surface area is 114 Å². The van der Waals surface area contributed by atoms with Crippen molar-refractivity contribution in [3.63, 3.8) is 0 Å². The van der Waals surface area contributed by atoms with Crippen LogP contribution >= 0.6 is 7.60 Å². The molecule has 0 heterocycles. The zero-order valence-corrected chi connectivity index (χ0v) is 12.6. The van der Waals surface area contributed by atoms with E-state index in [1.165, 1.54) is 0 Å². The van der Waals surface area contributed by atoms with Gasteiger partial charge in [0.2, 0.25) is 0 Å². The SMILES string of the molecule is CCOc1cccc([C@@H](N)P(=O)(OCC)OCC)c1. The molecule has 0 aliphatic rings. The first kappa shape index (κ1) is 16.2. The highest BCUT2D eigenvalue weighted by Crippen LogP contribution is 2.58. The largest absolute Gasteiger partial charge is 0.494 e. The fourth-order valence-corrected chi connectivity index (χ4v) is 3.34. The van der Waals surface area contributed by atoms with E-state index in [9.17, 15) is 4.57 Å². The van der Waals surface area contributed by atoms with E-state index in [-0.39, 0.29) is 13.2 Å². The predicted octanol–water partition coefficient (Wildman–Crippen LogP) is 3.31. The lowest BCUT2D eigenvalue weighted by molar-refractivity contribution is 0.212. The number of hydrogen-bond donors (Lipinski definition) is 1. The summed E-state index contributed by atoms with van der Waals surface area (Å²) in [6.07, 6.45) is 0. The van der Waals surface area contributed by atoms with Gasteiger partial charge >= 0.3 is 7.60 Å². The molecule has 1 aromatic carbocycles. The number of hydrogen-bond acceptors (Lipinski definition) is 5. The van der Waals surface area contributed by atoms with Gasteiger partial charge in [-0.2, -0.15) is 0 Å². The van der Waals surface area contributed by atoms with Gasteiger partial charge in [0.15, 0.2) is 0 Å². The Morgan fingerprint density at radius 1 is 1.16 bits per heavy atom. The molecule has 1 atom stereocenters. The van der Waals surface area contributed by atoms with Crippen LogP contribution in [0.4, 0.5) is 0 Å². The van der Waals surface area contributed by atoms with E-state index in [2.05, 4.69) is 0 Å². The maximum Gasteiger partial charge on any atom is 0.351 e. The summed E-state index contributed by atoms with van der Waals surface area (Å²) in [6.45, 7) is 6.56. The average molecular weight is 287 g/mol. The number of ether oxygens (including phenoxy) is 1. The Morgan fingerprint density at radius 3 is 2.32 bits per heavy atom. The van der Waals surface area contributed by atoms with Crippen LogP contribution in [0.3, 0.4) is 0 Å². The molecule has 2 N–H and O–H groups in total. The van der Waals surface area contributed by atoms with E-state index < -0.39 is 13.4 Å². The molecule has 0 spiro atoms. The quantitative estimate of drug-likeness (QED) is 0.743. The molecule has 0 bridgehead atoms. The molecule has 5 nitrogen and oxygen atoms in total. The summed E-state index contributed by atoms with van der Waals surface area (Å²) in [5.41, 5.74) is 6.72. The van der Waals surface area contributed by atoms with Crippen LogP contribution in [-0.2, 0) is 13.6 Å². The van der Waals surface area contributed by atoms with E-state index in [1.54, 1.807) is 26.0 Å². The van der Waals surface area contributed by atoms with Gasteiger partial charge in [0.25, 0.3) is 0 Å². The second-order valence-corrected chi connectivity index (χ2v) is 5.98. The van der Waals surface area contributed by atoms with Crippen LogP contribution in [0.25, 0.3) is 0 Å². The molecule has 1 rings (SSSR count). The predicted molar refractivity (Wildman–Crippen MR) is 75.4 cm³/mol. The summed E-state index contributed by atoms with van der Waals surface area (Å²) < 4.78 is 28.5. The molecular formula is C13H22NO4P. The van der Waals surface area contributed by atoms with Crippen molar-refractivity contribution in [1.29, 1.82) is 0 Å². The van der Waals surface area contributed by atoms with Crippen molar-refractivity contribution >= 4 is 7.60 Å². The normalized spacial score (nSPS) is 13.3. The molecule has 0 fully saturated rings. The molecule has 6 heteroatoms. The molecule has 0 saturated heterocycles. The van der Waals surface area contributed by atoms with Crippen LogP contribution < -0.4 is 10.5 Å². The van der Waals surface area contributed by atoms with Gasteiger partial charge in [-0.15, -0.1) is 0 Å². The third kappa shape index (κ3) is 4.32. The lowest BCUT2D eigenvalue weighted by atomic mass is 10.2. The van der Waals surface area contributed by atoms with E-state index in [4.69, 9.17) is 19.5 Å². The topological polar surface area (TPSA) is 70.8 Å². The highest BCUT2D eigenvalue weighted by molar-refractivity contribution is 7.54. The Bertz CT molecular complexity index is 428. The van der Waals surface area contributed by atoms with E-state index in [0.717, 1.165) is 0 Å². The van der Waals surface area contributed by atoms with Gasteiger partial charge in [0, 0.05) is 0 Å². The van der Waals surface area contributed by atoms with Crippen LogP contribution in [0.1, 0.15) is 32.1 Å². The monoisotopic (exact) mass is 287 g/mol. The maximum atomic E-state index is 12.6. The standard InChI is InChI=1S/C13H22NO4P/c1-4-16-12-9-7-8-11(10-12)13(14)19(15,17-5-2)18-6-3/h7-10,13H,4-6,14H2,1-3H3/t13-/m0/s1. The van der Waals surface area contributed by atoms with Gasteiger partial charge in [-0.05, 0) is 38.5 Å². The van der Waals surface area contributed by atoms with Crippen molar-refractivity contribution in [2.75, 3.05) is 19.8 Å². The molecule has 0 aliphatic carbocycles. The van der Waals surface area contributed by atoms with Gasteiger partial charge in [-0.1, -0.05) is 12.1 Å². The lowest BCUT2D eigenvalue weighted by Crippen LogP contribution is -2.15. The minimum Gasteiger partial charge on any atom is -0.494 e. The van der Waals surface area contributed by atoms with E-state index in [0.29, 0.717) is 17.9 Å². The highest BCUT2D eigenvalue weighted by Gasteiger charge is 2.33. The third-order valence-electron chi connectivity index (χ3n) is 2.47. The van der Waals surface area contributed by atoms with Gasteiger partial charge in [0.1, 0.15) is 11.5 Å². The second kappa shape index (κ2) is 7.65. The molecule has 19 heavy (non-hydrogen) atoms. The molecule has 0 amide bonds. The van der Waals surface area contributed by atoms with E-state index in [1.807, 2.05) is 19.1 Å². The van der Waals surface area contributed by atoms with Crippen molar-refractivity contribution in [2.24, 2.45) is 5.73 Å². The zero-order chi connectivity index (χ0) is 14.3. The fourth-order valence-electron chi connectivity index (χ4n) is 1.70. The van der Waals surface area contributed by atoms with Crippen LogP contribution in [0, 0.1) is 0 Å². The first-order valence-corrected chi connectivity index (χ1v) is 8.05. The van der Waals surface area contributed by atoms with Crippen molar-refractivity contribution < 1.29 is 18.3 Å². The number of benzene rings is 1. The Hall–Kier alpha value is -0.870. The van der Waals surface area contributed by atoms with Crippen molar-refractivity contribution in [2.45, 2.75) is 26.6 Å². The van der Waals surface area contributed by atoms with Gasteiger partial charge in [0.05, 0.1) is 19.8 Å². The first-order valence-electron chi connectivity index (χ1n) is 6.44. The third-order valence-corrected chi connectivity index (χ3v) is 4.69. The van der Waals surface area contributed by atoms with Crippen LogP contribution in [0.15, 0.2) is 24.3 Å². The molecule has 0 radical (unpaired) electrons. The molecule has 0 unspecified atom stereocenters. The van der Waals surface area contributed by atoms with Gasteiger partial charge in [-0.25, -0.2) is 0 Å². The Kier molecular flexibility index (Phi) is 6.52. The van der Waals surface area contributed by atoms with E-state index >= 15 is 0 Å². The fraction of sp³-hybridized carbons (Fsp3) is 0.538. The summed E-state index contributed by atoms with van der Waals surface area (Å²) >= 11 is 0. The Balaban J connectivity index is 2.98. The first-order chi connectivity index (χ1) is 9.07. The lowest BCUT2D eigenvalue weighted by Gasteiger charge is -2.23. The van der Waals surface area contributed by atoms with Crippen LogP contribution in [0.5, 0.6) is 5.75 Å². The summed E-state index contributed by atoms with van der Waals surface area (Å²) in [6, 6.07) is 7.19. The van der Waals surface area contributed by atoms with Crippen molar-refractivity contribution in [1.82, 2.24) is 0 Å². The zero-order valence-electron chi connectivity index (χ0n) is 11.7. The molecule has 1 aromatic rings. The summed E-state index contributed by atoms with van der Waals surface area (Å²) in [7, 11) is -3.35. The summed E-state index contributed by atoms with van der Waals surface area (Å²) in [4.78, 5) is 0. The average Bonchev–Trinajstić information content (AvgIpc) is 2.39. The number of rotatable bonds is 8. The van der Waals surface area contributed by atoms with Crippen molar-refractivity contribution in [3.8, 4) is 5.75 Å². The summed E-state index contributed by atoms with van der Waals surface area (Å²) in [5.74, 6) is -0.122. The van der Waals surface area contributed by atoms with Gasteiger partial charge < -0.3 is 19.5 Å². The number of nitrogens with two attached hydrogens (primary N) is 1. The maximum absolute atomic E-state index is 12.6. The molecule has 0 saturated carbocycles. The molecule has 108 valence electrons. The molecule has 0 aromatic heterocycles. The molecular weight excluding hydrogens is 265 g/mol. The minimum absolute atomic E-state index is 0.288. The minimum atomic E-state index is -3.35. The smallest absolute Gasteiger partial charge is 0.351 e. The summed E-state index contributed by atoms with van der Waals surface area (Å²) in [5, 5.41) is 0. The van der Waals surface area contributed by atoms with Crippen LogP contribution in [0.2, 0.25) is 0 Å². The highest BCUT2D eigenvalue weighted by atomic mass is 31.2. The second-order valence-electron chi connectivity index (χ2n) is 3.83. The van der Waals surface area contributed by atoms with Crippen LogP contribution in [-0.4, -0.2) is 19.8 Å². The molecule has 0 aliphatic heterocycles.